The van der Waals surface area contributed by atoms with Crippen LogP contribution in [0.3, 0.4) is 0 Å². The SMILES string of the molecule is O=C(N[C@H]1CCOC[C@@H]1O)c1cc(Cc2ccc(OCC(F)(F)F)nc2)c2cccc(F)c2n1. The zero-order valence-corrected chi connectivity index (χ0v) is 17.8. The molecule has 7 nitrogen and oxygen atoms in total. The molecule has 2 atom stereocenters. The Bertz CT molecular complexity index is 1170. The molecule has 1 amide bonds. The van der Waals surface area contributed by atoms with Crippen LogP contribution in [0.15, 0.2) is 42.6 Å². The minimum absolute atomic E-state index is 0.00997. The van der Waals surface area contributed by atoms with Crippen LogP contribution in [-0.2, 0) is 11.2 Å². The average Bonchev–Trinajstić information content (AvgIpc) is 2.80. The summed E-state index contributed by atoms with van der Waals surface area (Å²) in [5.74, 6) is -1.35. The second-order valence-electron chi connectivity index (χ2n) is 7.90. The van der Waals surface area contributed by atoms with Crippen LogP contribution in [0.4, 0.5) is 17.6 Å². The maximum Gasteiger partial charge on any atom is 0.422 e. The van der Waals surface area contributed by atoms with E-state index in [4.69, 9.17) is 4.74 Å². The van der Waals surface area contributed by atoms with E-state index < -0.39 is 36.7 Å². The molecule has 1 aromatic carbocycles. The Hall–Kier alpha value is -3.31. The topological polar surface area (TPSA) is 93.6 Å². The number of benzene rings is 1. The van der Waals surface area contributed by atoms with Crippen LogP contribution >= 0.6 is 0 Å². The van der Waals surface area contributed by atoms with E-state index >= 15 is 0 Å². The van der Waals surface area contributed by atoms with Crippen LogP contribution in [0.25, 0.3) is 10.9 Å². The zero-order valence-electron chi connectivity index (χ0n) is 17.8. The second-order valence-corrected chi connectivity index (χ2v) is 7.90. The zero-order chi connectivity index (χ0) is 24.3. The van der Waals surface area contributed by atoms with Crippen molar-refractivity contribution in [2.75, 3.05) is 19.8 Å². The maximum atomic E-state index is 14.5. The van der Waals surface area contributed by atoms with Crippen LogP contribution in [0.5, 0.6) is 5.88 Å². The van der Waals surface area contributed by atoms with E-state index in [1.54, 1.807) is 12.1 Å². The number of carbonyl (C=O) groups excluding carboxylic acids is 1. The van der Waals surface area contributed by atoms with E-state index in [-0.39, 0.29) is 30.1 Å². The molecule has 4 rings (SSSR count). The number of pyridine rings is 2. The number of alkyl halides is 3. The number of halogens is 4. The summed E-state index contributed by atoms with van der Waals surface area (Å²) >= 11 is 0. The predicted molar refractivity (Wildman–Crippen MR) is 113 cm³/mol. The standard InChI is InChI=1S/C23H21F4N3O4/c24-16-3-1-2-15-14(8-13-4-5-20(28-10-13)34-12-23(25,26)27)9-18(29-21(15)16)22(32)30-17-6-7-33-11-19(17)31/h1-5,9-10,17,19,31H,6-8,11-12H2,(H,30,32)/t17-,19-/m0/s1. The van der Waals surface area contributed by atoms with E-state index in [0.717, 1.165) is 0 Å². The molecule has 1 aliphatic rings. The average molecular weight is 479 g/mol. The van der Waals surface area contributed by atoms with E-state index in [2.05, 4.69) is 20.0 Å². The molecule has 1 saturated heterocycles. The lowest BCUT2D eigenvalue weighted by molar-refractivity contribution is -0.154. The molecule has 1 fully saturated rings. The number of nitrogens with zero attached hydrogens (tertiary/aromatic N) is 2. The highest BCUT2D eigenvalue weighted by Crippen LogP contribution is 2.25. The van der Waals surface area contributed by atoms with Crippen LogP contribution in [-0.4, -0.2) is 59.1 Å². The summed E-state index contributed by atoms with van der Waals surface area (Å²) in [4.78, 5) is 20.9. The molecule has 0 saturated carbocycles. The highest BCUT2D eigenvalue weighted by molar-refractivity contribution is 5.96. The molecule has 0 spiro atoms. The summed E-state index contributed by atoms with van der Waals surface area (Å²) in [5, 5.41) is 13.2. The van der Waals surface area contributed by atoms with Gasteiger partial charge in [-0.1, -0.05) is 18.2 Å². The highest BCUT2D eigenvalue weighted by atomic mass is 19.4. The van der Waals surface area contributed by atoms with Gasteiger partial charge >= 0.3 is 6.18 Å². The summed E-state index contributed by atoms with van der Waals surface area (Å²) in [6, 6.07) is 8.28. The highest BCUT2D eigenvalue weighted by Gasteiger charge is 2.29. The Morgan fingerprint density at radius 1 is 1.26 bits per heavy atom. The van der Waals surface area contributed by atoms with Crippen molar-refractivity contribution < 1.29 is 36.9 Å². The van der Waals surface area contributed by atoms with Gasteiger partial charge in [0.1, 0.15) is 17.0 Å². The molecule has 3 aromatic rings. The molecule has 0 unspecified atom stereocenters. The normalized spacial score (nSPS) is 18.6. The fraction of sp³-hybridized carbons (Fsp3) is 0.348. The summed E-state index contributed by atoms with van der Waals surface area (Å²) in [7, 11) is 0. The Balaban J connectivity index is 1.59. The lowest BCUT2D eigenvalue weighted by Crippen LogP contribution is -2.48. The van der Waals surface area contributed by atoms with Crippen molar-refractivity contribution in [2.24, 2.45) is 0 Å². The number of aromatic nitrogens is 2. The van der Waals surface area contributed by atoms with E-state index in [1.807, 2.05) is 0 Å². The van der Waals surface area contributed by atoms with Crippen molar-refractivity contribution >= 4 is 16.8 Å². The smallest absolute Gasteiger partial charge is 0.422 e. The molecular formula is C23H21F4N3O4. The van der Waals surface area contributed by atoms with Crippen LogP contribution in [0.1, 0.15) is 28.0 Å². The van der Waals surface area contributed by atoms with Gasteiger partial charge in [0.25, 0.3) is 5.91 Å². The molecule has 34 heavy (non-hydrogen) atoms. The van der Waals surface area contributed by atoms with Crippen molar-refractivity contribution in [3.8, 4) is 5.88 Å². The van der Waals surface area contributed by atoms with Crippen LogP contribution in [0, 0.1) is 5.82 Å². The van der Waals surface area contributed by atoms with Gasteiger partial charge in [-0.3, -0.25) is 4.79 Å². The summed E-state index contributed by atoms with van der Waals surface area (Å²) in [6.45, 7) is -0.956. The lowest BCUT2D eigenvalue weighted by Gasteiger charge is -2.28. The predicted octanol–water partition coefficient (Wildman–Crippen LogP) is 3.18. The summed E-state index contributed by atoms with van der Waals surface area (Å²) < 4.78 is 61.3. The van der Waals surface area contributed by atoms with Crippen molar-refractivity contribution in [3.63, 3.8) is 0 Å². The minimum Gasteiger partial charge on any atom is -0.468 e. The number of ether oxygens (including phenoxy) is 2. The number of aliphatic hydroxyl groups excluding tert-OH is 1. The number of nitrogens with one attached hydrogen (secondary N) is 1. The summed E-state index contributed by atoms with van der Waals surface area (Å²) in [5.41, 5.74) is 1.18. The molecule has 180 valence electrons. The number of hydrogen-bond donors (Lipinski definition) is 2. The lowest BCUT2D eigenvalue weighted by atomic mass is 10.00. The molecule has 11 heteroatoms. The van der Waals surface area contributed by atoms with Crippen molar-refractivity contribution in [1.82, 2.24) is 15.3 Å². The first-order valence-electron chi connectivity index (χ1n) is 10.5. The Morgan fingerprint density at radius 2 is 2.09 bits per heavy atom. The number of amides is 1. The number of fused-ring (bicyclic) bond motifs is 1. The first-order valence-corrected chi connectivity index (χ1v) is 10.5. The van der Waals surface area contributed by atoms with Gasteiger partial charge < -0.3 is 19.9 Å². The fourth-order valence-electron chi connectivity index (χ4n) is 3.66. The van der Waals surface area contributed by atoms with Crippen LogP contribution < -0.4 is 10.1 Å². The van der Waals surface area contributed by atoms with E-state index in [0.29, 0.717) is 29.5 Å². The third-order valence-corrected chi connectivity index (χ3v) is 5.33. The number of aliphatic hydroxyl groups is 1. The van der Waals surface area contributed by atoms with Gasteiger partial charge in [0, 0.05) is 24.3 Å². The van der Waals surface area contributed by atoms with Gasteiger partial charge in [0.2, 0.25) is 5.88 Å². The van der Waals surface area contributed by atoms with Crippen molar-refractivity contribution in [2.45, 2.75) is 31.2 Å². The molecule has 0 aliphatic carbocycles. The number of carbonyl (C=O) groups is 1. The fourth-order valence-corrected chi connectivity index (χ4v) is 3.66. The largest absolute Gasteiger partial charge is 0.468 e. The number of hydrogen-bond acceptors (Lipinski definition) is 6. The van der Waals surface area contributed by atoms with Crippen LogP contribution in [0.2, 0.25) is 0 Å². The molecule has 2 N–H and O–H groups in total. The Labute approximate surface area is 191 Å². The molecule has 0 bridgehead atoms. The van der Waals surface area contributed by atoms with E-state index in [9.17, 15) is 27.5 Å². The minimum atomic E-state index is -4.47. The number of para-hydroxylation sites is 1. The molecule has 2 aromatic heterocycles. The quantitative estimate of drug-likeness (QED) is 0.528. The molecule has 0 radical (unpaired) electrons. The van der Waals surface area contributed by atoms with Gasteiger partial charge in [0.15, 0.2) is 6.61 Å². The van der Waals surface area contributed by atoms with Crippen molar-refractivity contribution in [3.05, 3.63) is 65.2 Å². The third-order valence-electron chi connectivity index (χ3n) is 5.33. The number of rotatable bonds is 6. The van der Waals surface area contributed by atoms with E-state index in [1.165, 1.54) is 30.5 Å². The van der Waals surface area contributed by atoms with Crippen molar-refractivity contribution in [1.29, 1.82) is 0 Å². The van der Waals surface area contributed by atoms with Gasteiger partial charge in [-0.15, -0.1) is 0 Å². The molecular weight excluding hydrogens is 458 g/mol. The first-order chi connectivity index (χ1) is 16.2. The Kier molecular flexibility index (Phi) is 6.94. The summed E-state index contributed by atoms with van der Waals surface area (Å²) in [6.07, 6.45) is -3.34. The maximum absolute atomic E-state index is 14.5. The van der Waals surface area contributed by atoms with Gasteiger partial charge in [-0.2, -0.15) is 13.2 Å². The second kappa shape index (κ2) is 9.90. The van der Waals surface area contributed by atoms with Gasteiger partial charge in [-0.05, 0) is 36.1 Å². The molecule has 1 aliphatic heterocycles. The third kappa shape index (κ3) is 5.78. The monoisotopic (exact) mass is 479 g/mol. The van der Waals surface area contributed by atoms with Gasteiger partial charge in [-0.25, -0.2) is 14.4 Å². The first kappa shape index (κ1) is 23.8. The van der Waals surface area contributed by atoms with Gasteiger partial charge in [0.05, 0.1) is 18.8 Å². The molecule has 3 heterocycles. The Morgan fingerprint density at radius 3 is 2.79 bits per heavy atom.